The molecule has 0 aliphatic heterocycles. The van der Waals surface area contributed by atoms with Gasteiger partial charge in [0.1, 0.15) is 5.82 Å². The Bertz CT molecular complexity index is 1040. The van der Waals surface area contributed by atoms with Crippen LogP contribution in [0.25, 0.3) is 11.1 Å². The molecule has 33 heavy (non-hydrogen) atoms. The topological polar surface area (TPSA) is 67.8 Å². The van der Waals surface area contributed by atoms with Gasteiger partial charge in [0, 0.05) is 42.5 Å². The number of nitrogens with zero attached hydrogens (tertiary/aromatic N) is 3. The average molecular weight is 443 g/mol. The lowest BCUT2D eigenvalue weighted by Gasteiger charge is -2.30. The maximum atomic E-state index is 12.6. The zero-order valence-corrected chi connectivity index (χ0v) is 19.9. The van der Waals surface area contributed by atoms with Crippen LogP contribution >= 0.6 is 0 Å². The van der Waals surface area contributed by atoms with Gasteiger partial charge in [-0.3, -0.25) is 9.78 Å². The van der Waals surface area contributed by atoms with E-state index >= 15 is 0 Å². The van der Waals surface area contributed by atoms with E-state index in [1.54, 1.807) is 0 Å². The number of amides is 1. The standard InChI is InChI=1S/C28H34N4O/c1-19(2)27-30-18-25(23-13-15-29-16-14-23)26(32-27)24-11-9-21(10-12-24)17-31-28(33)20(3)22-7-5-4-6-8-22/h4-8,13-16,18-21,24H,9-12,17H2,1-3H3,(H,31,33). The van der Waals surface area contributed by atoms with E-state index in [4.69, 9.17) is 4.98 Å². The van der Waals surface area contributed by atoms with Crippen molar-refractivity contribution < 1.29 is 4.79 Å². The fraction of sp³-hybridized carbons (Fsp3) is 0.429. The molecule has 0 bridgehead atoms. The molecular weight excluding hydrogens is 408 g/mol. The maximum absolute atomic E-state index is 12.6. The van der Waals surface area contributed by atoms with Crippen LogP contribution in [0.5, 0.6) is 0 Å². The predicted octanol–water partition coefficient (Wildman–Crippen LogP) is 5.86. The van der Waals surface area contributed by atoms with Crippen molar-refractivity contribution in [2.24, 2.45) is 5.92 Å². The summed E-state index contributed by atoms with van der Waals surface area (Å²) in [6.07, 6.45) is 10.0. The van der Waals surface area contributed by atoms with Gasteiger partial charge in [-0.1, -0.05) is 44.2 Å². The number of nitrogens with one attached hydrogen (secondary N) is 1. The molecule has 1 saturated carbocycles. The van der Waals surface area contributed by atoms with Gasteiger partial charge in [-0.25, -0.2) is 9.97 Å². The second-order valence-corrected chi connectivity index (χ2v) is 9.51. The van der Waals surface area contributed by atoms with E-state index in [9.17, 15) is 4.79 Å². The minimum atomic E-state index is -0.124. The third-order valence-electron chi connectivity index (χ3n) is 6.84. The quantitative estimate of drug-likeness (QED) is 0.498. The van der Waals surface area contributed by atoms with Crippen molar-refractivity contribution in [3.63, 3.8) is 0 Å². The number of aromatic nitrogens is 3. The van der Waals surface area contributed by atoms with Crippen LogP contribution in [0.4, 0.5) is 0 Å². The summed E-state index contributed by atoms with van der Waals surface area (Å²) in [4.78, 5) is 26.5. The normalized spacial score (nSPS) is 19.3. The fourth-order valence-electron chi connectivity index (χ4n) is 4.68. The third kappa shape index (κ3) is 5.65. The molecule has 0 radical (unpaired) electrons. The Hall–Kier alpha value is -3.08. The van der Waals surface area contributed by atoms with Gasteiger partial charge < -0.3 is 5.32 Å². The van der Waals surface area contributed by atoms with E-state index in [0.717, 1.165) is 54.7 Å². The van der Waals surface area contributed by atoms with Crippen LogP contribution in [-0.4, -0.2) is 27.4 Å². The van der Waals surface area contributed by atoms with Crippen molar-refractivity contribution in [2.45, 2.75) is 64.2 Å². The van der Waals surface area contributed by atoms with Gasteiger partial charge in [-0.05, 0) is 61.8 Å². The lowest BCUT2D eigenvalue weighted by molar-refractivity contribution is -0.122. The minimum absolute atomic E-state index is 0.112. The molecule has 1 atom stereocenters. The molecule has 2 heterocycles. The van der Waals surface area contributed by atoms with Gasteiger partial charge in [0.05, 0.1) is 11.6 Å². The van der Waals surface area contributed by atoms with E-state index in [0.29, 0.717) is 17.8 Å². The Balaban J connectivity index is 1.39. The molecule has 1 unspecified atom stereocenters. The van der Waals surface area contributed by atoms with Crippen LogP contribution in [0.15, 0.2) is 61.1 Å². The van der Waals surface area contributed by atoms with E-state index < -0.39 is 0 Å². The first kappa shape index (κ1) is 23.1. The third-order valence-corrected chi connectivity index (χ3v) is 6.84. The van der Waals surface area contributed by atoms with Crippen LogP contribution in [0.1, 0.15) is 81.3 Å². The van der Waals surface area contributed by atoms with Gasteiger partial charge >= 0.3 is 0 Å². The van der Waals surface area contributed by atoms with Gasteiger partial charge in [-0.15, -0.1) is 0 Å². The number of benzene rings is 1. The molecule has 1 fully saturated rings. The van der Waals surface area contributed by atoms with E-state index in [1.165, 1.54) is 5.69 Å². The molecule has 1 N–H and O–H groups in total. The lowest BCUT2D eigenvalue weighted by atomic mass is 9.79. The van der Waals surface area contributed by atoms with Gasteiger partial charge in [0.25, 0.3) is 0 Å². The summed E-state index contributed by atoms with van der Waals surface area (Å²) < 4.78 is 0. The van der Waals surface area contributed by atoms with Crippen molar-refractivity contribution in [2.75, 3.05) is 6.54 Å². The van der Waals surface area contributed by atoms with Crippen LogP contribution in [0.2, 0.25) is 0 Å². The summed E-state index contributed by atoms with van der Waals surface area (Å²) >= 11 is 0. The van der Waals surface area contributed by atoms with Crippen LogP contribution < -0.4 is 5.32 Å². The Labute approximate surface area is 197 Å². The largest absolute Gasteiger partial charge is 0.355 e. The number of hydrogen-bond acceptors (Lipinski definition) is 4. The maximum Gasteiger partial charge on any atom is 0.227 e. The second kappa shape index (κ2) is 10.7. The van der Waals surface area contributed by atoms with E-state index in [2.05, 4.69) is 29.1 Å². The number of hydrogen-bond donors (Lipinski definition) is 1. The first-order valence-corrected chi connectivity index (χ1v) is 12.1. The molecule has 2 aromatic heterocycles. The molecule has 0 spiro atoms. The second-order valence-electron chi connectivity index (χ2n) is 9.51. The molecule has 5 nitrogen and oxygen atoms in total. The molecule has 5 heteroatoms. The predicted molar refractivity (Wildman–Crippen MR) is 132 cm³/mol. The van der Waals surface area contributed by atoms with Crippen molar-refractivity contribution in [1.82, 2.24) is 20.3 Å². The lowest BCUT2D eigenvalue weighted by Crippen LogP contribution is -2.33. The number of pyridine rings is 1. The molecule has 3 aromatic rings. The van der Waals surface area contributed by atoms with Crippen molar-refractivity contribution in [3.05, 3.63) is 78.1 Å². The van der Waals surface area contributed by atoms with Crippen LogP contribution in [0.3, 0.4) is 0 Å². The summed E-state index contributed by atoms with van der Waals surface area (Å²) in [5.41, 5.74) is 4.47. The zero-order valence-electron chi connectivity index (χ0n) is 19.9. The molecule has 172 valence electrons. The highest BCUT2D eigenvalue weighted by atomic mass is 16.1. The highest BCUT2D eigenvalue weighted by molar-refractivity contribution is 5.83. The van der Waals surface area contributed by atoms with Crippen molar-refractivity contribution in [1.29, 1.82) is 0 Å². The number of carbonyl (C=O) groups is 1. The summed E-state index contributed by atoms with van der Waals surface area (Å²) in [5.74, 6) is 2.13. The highest BCUT2D eigenvalue weighted by Crippen LogP contribution is 2.39. The Morgan fingerprint density at radius 1 is 1.00 bits per heavy atom. The van der Waals surface area contributed by atoms with E-state index in [-0.39, 0.29) is 11.8 Å². The molecular formula is C28H34N4O. The van der Waals surface area contributed by atoms with Crippen LogP contribution in [-0.2, 0) is 4.79 Å². The summed E-state index contributed by atoms with van der Waals surface area (Å²) in [7, 11) is 0. The van der Waals surface area contributed by atoms with Crippen molar-refractivity contribution in [3.8, 4) is 11.1 Å². The molecule has 1 amide bonds. The molecule has 1 aliphatic rings. The summed E-state index contributed by atoms with van der Waals surface area (Å²) in [5, 5.41) is 3.20. The Kier molecular flexibility index (Phi) is 7.48. The minimum Gasteiger partial charge on any atom is -0.355 e. The zero-order chi connectivity index (χ0) is 23.2. The first-order valence-electron chi connectivity index (χ1n) is 12.1. The fourth-order valence-corrected chi connectivity index (χ4v) is 4.68. The number of rotatable bonds is 7. The van der Waals surface area contributed by atoms with Crippen molar-refractivity contribution >= 4 is 5.91 Å². The summed E-state index contributed by atoms with van der Waals surface area (Å²) in [6, 6.07) is 14.1. The van der Waals surface area contributed by atoms with Gasteiger partial charge in [-0.2, -0.15) is 0 Å². The molecule has 4 rings (SSSR count). The van der Waals surface area contributed by atoms with Gasteiger partial charge in [0.2, 0.25) is 5.91 Å². The number of carbonyl (C=O) groups excluding carboxylic acids is 1. The molecule has 0 saturated heterocycles. The van der Waals surface area contributed by atoms with Crippen LogP contribution in [0, 0.1) is 5.92 Å². The SMILES string of the molecule is CC(C)c1ncc(-c2ccncc2)c(C2CCC(CNC(=O)C(C)c3ccccc3)CC2)n1. The average Bonchev–Trinajstić information content (AvgIpc) is 2.87. The summed E-state index contributed by atoms with van der Waals surface area (Å²) in [6.45, 7) is 7.01. The van der Waals surface area contributed by atoms with Gasteiger partial charge in [0.15, 0.2) is 0 Å². The molecule has 1 aliphatic carbocycles. The Morgan fingerprint density at radius 3 is 2.36 bits per heavy atom. The monoisotopic (exact) mass is 442 g/mol. The Morgan fingerprint density at radius 2 is 1.70 bits per heavy atom. The molecule has 1 aromatic carbocycles. The van der Waals surface area contributed by atoms with E-state index in [1.807, 2.05) is 68.0 Å². The first-order chi connectivity index (χ1) is 16.0. The smallest absolute Gasteiger partial charge is 0.227 e. The highest BCUT2D eigenvalue weighted by Gasteiger charge is 2.27.